The molecule has 0 aromatic carbocycles. The van der Waals surface area contributed by atoms with Crippen molar-refractivity contribution in [3.05, 3.63) is 0 Å². The van der Waals surface area contributed by atoms with Crippen LogP contribution in [0.3, 0.4) is 0 Å². The molecule has 0 N–H and O–H groups in total. The number of Topliss-reactive ketones (excluding diaryl/α,β-unsaturated/α-hetero) is 1. The Hall–Kier alpha value is -0.330. The molecule has 10 heavy (non-hydrogen) atoms. The lowest BCUT2D eigenvalue weighted by Gasteiger charge is -2.23. The summed E-state index contributed by atoms with van der Waals surface area (Å²) in [5.41, 5.74) is 0. The van der Waals surface area contributed by atoms with Gasteiger partial charge in [0.15, 0.2) is 0 Å². The van der Waals surface area contributed by atoms with Gasteiger partial charge in [-0.3, -0.25) is 4.79 Å². The summed E-state index contributed by atoms with van der Waals surface area (Å²) in [7, 11) is 0. The molecule has 2 atom stereocenters. The fraction of sp³-hybridized carbons (Fsp3) is 0.889. The maximum Gasteiger partial charge on any atom is 0.133 e. The Labute approximate surface area is 61.8 Å². The van der Waals surface area contributed by atoms with Gasteiger partial charge in [0, 0.05) is 12.8 Å². The monoisotopic (exact) mass is 138 g/mol. The molecule has 1 nitrogen and oxygen atoms in total. The summed E-state index contributed by atoms with van der Waals surface area (Å²) < 4.78 is 0. The first-order valence-electron chi connectivity index (χ1n) is 4.38. The van der Waals surface area contributed by atoms with Gasteiger partial charge in [0.05, 0.1) is 0 Å². The van der Waals surface area contributed by atoms with Crippen molar-refractivity contribution in [2.45, 2.75) is 38.5 Å². The lowest BCUT2D eigenvalue weighted by molar-refractivity contribution is -0.117. The minimum absolute atomic E-state index is 0.525. The largest absolute Gasteiger partial charge is 0.300 e. The number of hydrogen-bond donors (Lipinski definition) is 0. The van der Waals surface area contributed by atoms with Gasteiger partial charge in [0.1, 0.15) is 5.78 Å². The quantitative estimate of drug-likeness (QED) is 0.501. The van der Waals surface area contributed by atoms with Crippen molar-refractivity contribution in [2.24, 2.45) is 11.8 Å². The van der Waals surface area contributed by atoms with Gasteiger partial charge < -0.3 is 0 Å². The molecule has 0 aliphatic heterocycles. The third-order valence-electron chi connectivity index (χ3n) is 3.05. The van der Waals surface area contributed by atoms with Crippen LogP contribution in [0.15, 0.2) is 0 Å². The van der Waals surface area contributed by atoms with E-state index in [1.165, 1.54) is 25.7 Å². The molecule has 2 rings (SSSR count). The number of hydrogen-bond acceptors (Lipinski definition) is 1. The van der Waals surface area contributed by atoms with Crippen LogP contribution in [0.2, 0.25) is 0 Å². The second-order valence-corrected chi connectivity index (χ2v) is 3.75. The van der Waals surface area contributed by atoms with Gasteiger partial charge in [-0.25, -0.2) is 0 Å². The minimum Gasteiger partial charge on any atom is -0.300 e. The van der Waals surface area contributed by atoms with Crippen LogP contribution in [0.25, 0.3) is 0 Å². The van der Waals surface area contributed by atoms with E-state index in [1.807, 2.05) is 0 Å². The minimum atomic E-state index is 0.525. The second kappa shape index (κ2) is 2.37. The molecule has 2 fully saturated rings. The van der Waals surface area contributed by atoms with Crippen molar-refractivity contribution < 1.29 is 4.79 Å². The molecule has 0 spiro atoms. The van der Waals surface area contributed by atoms with Crippen molar-refractivity contribution in [1.82, 2.24) is 0 Å². The van der Waals surface area contributed by atoms with Crippen molar-refractivity contribution >= 4 is 5.78 Å². The highest BCUT2D eigenvalue weighted by molar-refractivity contribution is 5.81. The van der Waals surface area contributed by atoms with Gasteiger partial charge in [0.25, 0.3) is 0 Å². The Kier molecular flexibility index (Phi) is 1.51. The average Bonchev–Trinajstić information content (AvgIpc) is 2.27. The van der Waals surface area contributed by atoms with E-state index in [2.05, 4.69) is 0 Å². The Morgan fingerprint density at radius 3 is 2.00 bits per heavy atom. The molecule has 0 bridgehead atoms. The summed E-state index contributed by atoms with van der Waals surface area (Å²) in [6.07, 6.45) is 7.21. The molecule has 2 aliphatic carbocycles. The third-order valence-corrected chi connectivity index (χ3v) is 3.05. The highest BCUT2D eigenvalue weighted by atomic mass is 16.1. The molecular weight excluding hydrogens is 124 g/mol. The average molecular weight is 138 g/mol. The zero-order chi connectivity index (χ0) is 6.97. The maximum atomic E-state index is 11.0. The smallest absolute Gasteiger partial charge is 0.133 e. The predicted octanol–water partition coefficient (Wildman–Crippen LogP) is 2.16. The summed E-state index contributed by atoms with van der Waals surface area (Å²) in [4.78, 5) is 11.0. The standard InChI is InChI=1S/C9H14O/c10-9-5-7-3-1-2-4-8(7)6-9/h7-8H,1-6H2/t7-,8?/m0/s1. The summed E-state index contributed by atoms with van der Waals surface area (Å²) in [5, 5.41) is 0. The third kappa shape index (κ3) is 0.979. The Balaban J connectivity index is 2.04. The molecule has 1 unspecified atom stereocenters. The fourth-order valence-electron chi connectivity index (χ4n) is 2.49. The Bertz CT molecular complexity index is 135. The Morgan fingerprint density at radius 2 is 1.50 bits per heavy atom. The SMILES string of the molecule is O=C1CC2CCCC[C@H]2C1. The number of carbonyl (C=O) groups is 1. The van der Waals surface area contributed by atoms with Crippen LogP contribution < -0.4 is 0 Å². The lowest BCUT2D eigenvalue weighted by atomic mass is 9.82. The summed E-state index contributed by atoms with van der Waals surface area (Å²) in [6, 6.07) is 0. The summed E-state index contributed by atoms with van der Waals surface area (Å²) >= 11 is 0. The van der Waals surface area contributed by atoms with Crippen LogP contribution in [0.4, 0.5) is 0 Å². The van der Waals surface area contributed by atoms with E-state index in [1.54, 1.807) is 0 Å². The van der Waals surface area contributed by atoms with E-state index in [-0.39, 0.29) is 0 Å². The van der Waals surface area contributed by atoms with Crippen molar-refractivity contribution in [3.8, 4) is 0 Å². The molecule has 0 heterocycles. The number of carbonyl (C=O) groups excluding carboxylic acids is 1. The van der Waals surface area contributed by atoms with Crippen molar-refractivity contribution in [1.29, 1.82) is 0 Å². The molecule has 0 aromatic heterocycles. The van der Waals surface area contributed by atoms with Crippen LogP contribution in [0.1, 0.15) is 38.5 Å². The van der Waals surface area contributed by atoms with Crippen LogP contribution in [0, 0.1) is 11.8 Å². The Morgan fingerprint density at radius 1 is 1.00 bits per heavy atom. The second-order valence-electron chi connectivity index (χ2n) is 3.75. The predicted molar refractivity (Wildman–Crippen MR) is 39.7 cm³/mol. The van der Waals surface area contributed by atoms with Crippen LogP contribution >= 0.6 is 0 Å². The van der Waals surface area contributed by atoms with Crippen LogP contribution in [0.5, 0.6) is 0 Å². The van der Waals surface area contributed by atoms with Crippen LogP contribution in [-0.2, 0) is 4.79 Å². The first-order chi connectivity index (χ1) is 4.86. The lowest BCUT2D eigenvalue weighted by Crippen LogP contribution is -2.12. The molecule has 2 saturated carbocycles. The first kappa shape index (κ1) is 6.38. The molecule has 0 saturated heterocycles. The van der Waals surface area contributed by atoms with Crippen molar-refractivity contribution in [3.63, 3.8) is 0 Å². The van der Waals surface area contributed by atoms with Gasteiger partial charge in [0.2, 0.25) is 0 Å². The van der Waals surface area contributed by atoms with E-state index in [0.29, 0.717) is 5.78 Å². The molecule has 0 amide bonds. The van der Waals surface area contributed by atoms with Crippen molar-refractivity contribution in [2.75, 3.05) is 0 Å². The van der Waals surface area contributed by atoms with E-state index in [4.69, 9.17) is 0 Å². The molecule has 56 valence electrons. The van der Waals surface area contributed by atoms with E-state index >= 15 is 0 Å². The number of fused-ring (bicyclic) bond motifs is 1. The summed E-state index contributed by atoms with van der Waals surface area (Å²) in [6.45, 7) is 0. The highest BCUT2D eigenvalue weighted by Crippen LogP contribution is 2.40. The van der Waals surface area contributed by atoms with Crippen LogP contribution in [-0.4, -0.2) is 5.78 Å². The first-order valence-corrected chi connectivity index (χ1v) is 4.38. The molecule has 0 aromatic rings. The molecule has 1 heteroatoms. The van der Waals surface area contributed by atoms with Gasteiger partial charge in [-0.05, 0) is 24.7 Å². The zero-order valence-electron chi connectivity index (χ0n) is 6.31. The van der Waals surface area contributed by atoms with Gasteiger partial charge in [-0.1, -0.05) is 12.8 Å². The van der Waals surface area contributed by atoms with Gasteiger partial charge in [-0.2, -0.15) is 0 Å². The van der Waals surface area contributed by atoms with E-state index in [0.717, 1.165) is 24.7 Å². The number of rotatable bonds is 0. The van der Waals surface area contributed by atoms with E-state index < -0.39 is 0 Å². The highest BCUT2D eigenvalue weighted by Gasteiger charge is 2.33. The fourth-order valence-corrected chi connectivity index (χ4v) is 2.49. The topological polar surface area (TPSA) is 17.1 Å². The molecule has 0 radical (unpaired) electrons. The summed E-state index contributed by atoms with van der Waals surface area (Å²) in [5.74, 6) is 2.11. The van der Waals surface area contributed by atoms with Gasteiger partial charge >= 0.3 is 0 Å². The number of ketones is 1. The molecule has 2 aliphatic rings. The normalized spacial score (nSPS) is 39.8. The zero-order valence-corrected chi connectivity index (χ0v) is 6.31. The van der Waals surface area contributed by atoms with Gasteiger partial charge in [-0.15, -0.1) is 0 Å². The molecular formula is C9H14O. The maximum absolute atomic E-state index is 11.0. The van der Waals surface area contributed by atoms with E-state index in [9.17, 15) is 4.79 Å².